The van der Waals surface area contributed by atoms with Crippen LogP contribution >= 0.6 is 0 Å². The number of pyridine rings is 5. The van der Waals surface area contributed by atoms with Crippen molar-refractivity contribution in [2.75, 3.05) is 0 Å². The van der Waals surface area contributed by atoms with Crippen molar-refractivity contribution in [1.29, 1.82) is 0 Å². The molecular formula is C58H55IrN8. The topological polar surface area (TPSA) is 103 Å². The van der Waals surface area contributed by atoms with Crippen molar-refractivity contribution in [3.05, 3.63) is 206 Å². The summed E-state index contributed by atoms with van der Waals surface area (Å²) in [4.78, 5) is 37.1. The molecule has 9 heteroatoms. The molecule has 8 nitrogen and oxygen atoms in total. The van der Waals surface area contributed by atoms with Gasteiger partial charge in [-0.15, -0.1) is 108 Å². The molecule has 0 spiro atoms. The largest absolute Gasteiger partial charge is 3.00 e. The van der Waals surface area contributed by atoms with E-state index in [1.165, 1.54) is 62.5 Å². The molecule has 9 rings (SSSR count). The van der Waals surface area contributed by atoms with Crippen LogP contribution in [0.2, 0.25) is 0 Å². The molecule has 0 bridgehead atoms. The van der Waals surface area contributed by atoms with Crippen LogP contribution in [0.4, 0.5) is 0 Å². The molecule has 0 radical (unpaired) electrons. The standard InChI is InChI=1S/C36H39N6.2C11H8N.Ir/c1-3-5-7-10-14-27-18-21-32(37-24-27)35-40-34(30-20-23-31(39-26-30)29-16-12-9-13-17-29)41-36(42-35)33-22-19-28(25-38-33)15-11-8-6-4-2;2*1-2-6-10(7-3-1)11-8-4-5-9-12-11;/h9,12-13,16,18-26H,3-8,10-11,14-15H2,1-2H3;2*1-6,8-9H;/q3*-1;+3. The molecule has 6 heterocycles. The summed E-state index contributed by atoms with van der Waals surface area (Å²) in [6.07, 6.45) is 21.2. The van der Waals surface area contributed by atoms with E-state index in [0.717, 1.165) is 52.2 Å². The van der Waals surface area contributed by atoms with Gasteiger partial charge in [0.25, 0.3) is 0 Å². The van der Waals surface area contributed by atoms with Gasteiger partial charge in [-0.05, 0) is 78.2 Å². The third-order valence-corrected chi connectivity index (χ3v) is 10.7. The average molecular weight is 1060 g/mol. The summed E-state index contributed by atoms with van der Waals surface area (Å²) in [5, 5.41) is 0. The number of rotatable bonds is 16. The fourth-order valence-electron chi connectivity index (χ4n) is 7.04. The fraction of sp³-hybridized carbons (Fsp3) is 0.207. The van der Waals surface area contributed by atoms with E-state index in [1.54, 1.807) is 18.6 Å². The zero-order valence-electron chi connectivity index (χ0n) is 38.2. The molecule has 9 aromatic rings. The summed E-state index contributed by atoms with van der Waals surface area (Å²) in [5.41, 5.74) is 10.5. The van der Waals surface area contributed by atoms with E-state index >= 15 is 0 Å². The predicted molar refractivity (Wildman–Crippen MR) is 267 cm³/mol. The van der Waals surface area contributed by atoms with Gasteiger partial charge in [-0.25, -0.2) is 15.0 Å². The van der Waals surface area contributed by atoms with Gasteiger partial charge >= 0.3 is 20.1 Å². The number of aromatic nitrogens is 8. The van der Waals surface area contributed by atoms with Crippen molar-refractivity contribution < 1.29 is 20.1 Å². The van der Waals surface area contributed by atoms with Gasteiger partial charge in [0.2, 0.25) is 0 Å². The molecular weight excluding hydrogens is 1000 g/mol. The van der Waals surface area contributed by atoms with Crippen LogP contribution in [0.15, 0.2) is 177 Å². The Morgan fingerprint density at radius 1 is 0.358 bits per heavy atom. The zero-order valence-corrected chi connectivity index (χ0v) is 40.6. The number of benzene rings is 3. The SMILES string of the molecule is CCCCCCc1ccc(-c2nc(-c3ccc(-c4[c-]cccc4)nc3)nc(-c3ccc(CCCCCC)cn3)n2)nc1.[Ir+3].[c-]1ccccc1-c1ccccn1.[c-]1ccccc1-c1ccccn1. The minimum absolute atomic E-state index is 0. The van der Waals surface area contributed by atoms with Crippen molar-refractivity contribution in [3.63, 3.8) is 0 Å². The van der Waals surface area contributed by atoms with Crippen LogP contribution in [-0.2, 0) is 32.9 Å². The van der Waals surface area contributed by atoms with Crippen molar-refractivity contribution in [3.8, 4) is 68.2 Å². The normalized spacial score (nSPS) is 10.4. The number of nitrogens with zero attached hydrogens (tertiary/aromatic N) is 8. The average Bonchev–Trinajstić information content (AvgIpc) is 3.41. The zero-order chi connectivity index (χ0) is 45.4. The smallest absolute Gasteiger partial charge is 0.305 e. The Morgan fingerprint density at radius 3 is 1.13 bits per heavy atom. The summed E-state index contributed by atoms with van der Waals surface area (Å²) in [5.74, 6) is 1.60. The Labute approximate surface area is 410 Å². The number of aryl methyl sites for hydroxylation is 2. The van der Waals surface area contributed by atoms with Crippen LogP contribution < -0.4 is 0 Å². The van der Waals surface area contributed by atoms with Gasteiger partial charge < -0.3 is 15.0 Å². The Bertz CT molecular complexity index is 2500. The molecule has 0 aliphatic carbocycles. The van der Waals surface area contributed by atoms with Gasteiger partial charge in [-0.3, -0.25) is 9.97 Å². The molecule has 336 valence electrons. The Hall–Kier alpha value is -6.93. The third kappa shape index (κ3) is 15.6. The first-order valence-corrected chi connectivity index (χ1v) is 23.0. The van der Waals surface area contributed by atoms with E-state index in [9.17, 15) is 0 Å². The maximum atomic E-state index is 4.83. The summed E-state index contributed by atoms with van der Waals surface area (Å²) >= 11 is 0. The van der Waals surface area contributed by atoms with Crippen LogP contribution in [0.1, 0.15) is 76.3 Å². The molecule has 0 saturated carbocycles. The summed E-state index contributed by atoms with van der Waals surface area (Å²) in [6.45, 7) is 4.47. The molecule has 0 fully saturated rings. The molecule has 0 aliphatic heterocycles. The van der Waals surface area contributed by atoms with Crippen LogP contribution in [-0.4, -0.2) is 39.9 Å². The molecule has 0 unspecified atom stereocenters. The Balaban J connectivity index is 0.000000238. The maximum absolute atomic E-state index is 4.83. The first kappa shape index (κ1) is 49.5. The molecule has 0 amide bonds. The van der Waals surface area contributed by atoms with Crippen LogP contribution in [0.3, 0.4) is 0 Å². The summed E-state index contributed by atoms with van der Waals surface area (Å²) < 4.78 is 0. The molecule has 0 saturated heterocycles. The Kier molecular flexibility index (Phi) is 20.3. The summed E-state index contributed by atoms with van der Waals surface area (Å²) in [7, 11) is 0. The first-order valence-electron chi connectivity index (χ1n) is 23.0. The van der Waals surface area contributed by atoms with E-state index in [0.29, 0.717) is 28.9 Å². The molecule has 67 heavy (non-hydrogen) atoms. The van der Waals surface area contributed by atoms with E-state index < -0.39 is 0 Å². The monoisotopic (exact) mass is 1060 g/mol. The van der Waals surface area contributed by atoms with E-state index in [4.69, 9.17) is 24.9 Å². The van der Waals surface area contributed by atoms with Crippen LogP contribution in [0.5, 0.6) is 0 Å². The fourth-order valence-corrected chi connectivity index (χ4v) is 7.04. The van der Waals surface area contributed by atoms with Crippen molar-refractivity contribution >= 4 is 0 Å². The second-order valence-electron chi connectivity index (χ2n) is 15.7. The minimum atomic E-state index is 0. The van der Waals surface area contributed by atoms with E-state index in [-0.39, 0.29) is 20.1 Å². The van der Waals surface area contributed by atoms with Gasteiger partial charge in [-0.1, -0.05) is 101 Å². The predicted octanol–water partition coefficient (Wildman–Crippen LogP) is 13.9. The van der Waals surface area contributed by atoms with E-state index in [2.05, 4.69) is 59.1 Å². The minimum Gasteiger partial charge on any atom is -0.305 e. The van der Waals surface area contributed by atoms with Crippen molar-refractivity contribution in [2.45, 2.75) is 78.1 Å². The molecule has 0 atom stereocenters. The van der Waals surface area contributed by atoms with Gasteiger partial charge in [0.15, 0.2) is 17.5 Å². The van der Waals surface area contributed by atoms with Crippen molar-refractivity contribution in [1.82, 2.24) is 39.9 Å². The second-order valence-corrected chi connectivity index (χ2v) is 15.7. The van der Waals surface area contributed by atoms with Gasteiger partial charge in [-0.2, -0.15) is 0 Å². The van der Waals surface area contributed by atoms with Crippen molar-refractivity contribution in [2.24, 2.45) is 0 Å². The number of hydrogen-bond donors (Lipinski definition) is 0. The third-order valence-electron chi connectivity index (χ3n) is 10.7. The van der Waals surface area contributed by atoms with Gasteiger partial charge in [0.1, 0.15) is 11.4 Å². The molecule has 6 aromatic heterocycles. The van der Waals surface area contributed by atoms with Gasteiger partial charge in [0, 0.05) is 36.5 Å². The molecule has 0 aliphatic rings. The number of unbranched alkanes of at least 4 members (excludes halogenated alkanes) is 6. The van der Waals surface area contributed by atoms with E-state index in [1.807, 2.05) is 146 Å². The quantitative estimate of drug-likeness (QED) is 0.0696. The maximum Gasteiger partial charge on any atom is 3.00 e. The van der Waals surface area contributed by atoms with Gasteiger partial charge in [0.05, 0.1) is 0 Å². The summed E-state index contributed by atoms with van der Waals surface area (Å²) in [6, 6.07) is 56.9. The van der Waals surface area contributed by atoms with Crippen LogP contribution in [0, 0.1) is 18.2 Å². The Morgan fingerprint density at radius 2 is 0.776 bits per heavy atom. The molecule has 0 N–H and O–H groups in total. The second kappa shape index (κ2) is 27.5. The first-order chi connectivity index (χ1) is 32.7. The number of hydrogen-bond acceptors (Lipinski definition) is 8. The molecule has 3 aromatic carbocycles. The van der Waals surface area contributed by atoms with Crippen LogP contribution in [0.25, 0.3) is 68.2 Å².